The lowest BCUT2D eigenvalue weighted by Crippen LogP contribution is -1.89. The van der Waals surface area contributed by atoms with Crippen LogP contribution in [0.25, 0.3) is 0 Å². The van der Waals surface area contributed by atoms with Crippen molar-refractivity contribution >= 4 is 33.9 Å². The highest BCUT2D eigenvalue weighted by Gasteiger charge is 2.12. The molecule has 0 aromatic carbocycles. The number of halogens is 1. The Balaban J connectivity index is 0.000000247. The van der Waals surface area contributed by atoms with Crippen LogP contribution < -0.4 is 0 Å². The Morgan fingerprint density at radius 1 is 0.730 bits per heavy atom. The van der Waals surface area contributed by atoms with Gasteiger partial charge in [0.05, 0.1) is 25.7 Å². The standard InChI is InChI=1S/C7H10INO.2C7H11NO.C7H11NS/c1-4(2)7-6(8)5(3)10-9-7;1-5(2)7-4-6(3)9-8-7;1-5(2)7-4-6(3)8-9-7;1-5(2)7-8-4-6(3)9-7/h4H,1-3H3;3*4-5H,1-3H3. The van der Waals surface area contributed by atoms with E-state index in [-0.39, 0.29) is 0 Å². The molecule has 0 saturated heterocycles. The van der Waals surface area contributed by atoms with Gasteiger partial charge in [-0.25, -0.2) is 4.98 Å². The van der Waals surface area contributed by atoms with Gasteiger partial charge in [0, 0.05) is 41.0 Å². The average Bonchev–Trinajstić information content (AvgIpc) is 3.60. The first kappa shape index (κ1) is 33.0. The van der Waals surface area contributed by atoms with Gasteiger partial charge in [0.1, 0.15) is 17.3 Å². The van der Waals surface area contributed by atoms with E-state index in [0.29, 0.717) is 23.7 Å². The summed E-state index contributed by atoms with van der Waals surface area (Å²) in [6.07, 6.45) is 1.93. The molecule has 0 fully saturated rings. The number of aryl methyl sites for hydroxylation is 4. The van der Waals surface area contributed by atoms with Crippen LogP contribution >= 0.6 is 33.9 Å². The van der Waals surface area contributed by atoms with Crippen LogP contribution in [0.2, 0.25) is 0 Å². The molecular weight excluding hydrogens is 599 g/mol. The highest BCUT2D eigenvalue weighted by atomic mass is 127. The van der Waals surface area contributed by atoms with Crippen molar-refractivity contribution in [2.45, 2.75) is 107 Å². The van der Waals surface area contributed by atoms with Crippen LogP contribution in [0.4, 0.5) is 0 Å². The summed E-state index contributed by atoms with van der Waals surface area (Å²) in [5, 5.41) is 12.8. The van der Waals surface area contributed by atoms with E-state index in [9.17, 15) is 0 Å². The van der Waals surface area contributed by atoms with Crippen molar-refractivity contribution in [3.05, 3.63) is 66.1 Å². The molecule has 4 heterocycles. The van der Waals surface area contributed by atoms with Crippen molar-refractivity contribution in [2.24, 2.45) is 0 Å². The lowest BCUT2D eigenvalue weighted by atomic mass is 10.1. The van der Waals surface area contributed by atoms with E-state index >= 15 is 0 Å². The van der Waals surface area contributed by atoms with Gasteiger partial charge in [-0.05, 0) is 56.2 Å². The Morgan fingerprint density at radius 3 is 1.59 bits per heavy atom. The molecule has 4 aromatic rings. The predicted molar refractivity (Wildman–Crippen MR) is 160 cm³/mol. The third kappa shape index (κ3) is 11.9. The number of aromatic nitrogens is 4. The third-order valence-electron chi connectivity index (χ3n) is 4.95. The second-order valence-corrected chi connectivity index (χ2v) is 12.4. The molecule has 9 heteroatoms. The molecule has 0 aliphatic heterocycles. The fourth-order valence-electron chi connectivity index (χ4n) is 2.69. The van der Waals surface area contributed by atoms with Crippen molar-refractivity contribution in [1.29, 1.82) is 0 Å². The smallest absolute Gasteiger partial charge is 0.147 e. The van der Waals surface area contributed by atoms with Crippen LogP contribution in [0.3, 0.4) is 0 Å². The summed E-state index contributed by atoms with van der Waals surface area (Å²) in [5.74, 6) is 4.75. The highest BCUT2D eigenvalue weighted by molar-refractivity contribution is 14.1. The largest absolute Gasteiger partial charge is 0.361 e. The molecule has 7 nitrogen and oxygen atoms in total. The van der Waals surface area contributed by atoms with E-state index in [1.807, 2.05) is 39.1 Å². The van der Waals surface area contributed by atoms with Crippen molar-refractivity contribution in [1.82, 2.24) is 20.5 Å². The predicted octanol–water partition coefficient (Wildman–Crippen LogP) is 9.50. The molecule has 37 heavy (non-hydrogen) atoms. The maximum absolute atomic E-state index is 5.00. The molecule has 0 bridgehead atoms. The Labute approximate surface area is 239 Å². The van der Waals surface area contributed by atoms with Crippen molar-refractivity contribution in [2.75, 3.05) is 0 Å². The van der Waals surface area contributed by atoms with Crippen LogP contribution in [0.1, 0.15) is 123 Å². The second-order valence-electron chi connectivity index (χ2n) is 10.1. The van der Waals surface area contributed by atoms with Crippen LogP contribution in [-0.2, 0) is 0 Å². The normalized spacial score (nSPS) is 10.7. The van der Waals surface area contributed by atoms with Gasteiger partial charge < -0.3 is 13.6 Å². The molecule has 206 valence electrons. The average molecular weight is 643 g/mol. The number of hydrogen-bond acceptors (Lipinski definition) is 8. The van der Waals surface area contributed by atoms with Gasteiger partial charge in [-0.3, -0.25) is 0 Å². The summed E-state index contributed by atoms with van der Waals surface area (Å²) in [6.45, 7) is 24.8. The van der Waals surface area contributed by atoms with Gasteiger partial charge in [0.15, 0.2) is 0 Å². The van der Waals surface area contributed by atoms with Crippen molar-refractivity contribution in [3.8, 4) is 0 Å². The summed E-state index contributed by atoms with van der Waals surface area (Å²) >= 11 is 4.04. The maximum Gasteiger partial charge on any atom is 0.147 e. The Bertz CT molecular complexity index is 1070. The molecule has 4 aromatic heterocycles. The van der Waals surface area contributed by atoms with E-state index in [1.54, 1.807) is 11.3 Å². The minimum absolute atomic E-state index is 0.450. The van der Waals surface area contributed by atoms with Crippen molar-refractivity contribution < 1.29 is 13.6 Å². The van der Waals surface area contributed by atoms with E-state index in [2.05, 4.69) is 105 Å². The van der Waals surface area contributed by atoms with Crippen LogP contribution in [0, 0.1) is 31.3 Å². The summed E-state index contributed by atoms with van der Waals surface area (Å²) in [5.41, 5.74) is 3.06. The number of hydrogen-bond donors (Lipinski definition) is 0. The lowest BCUT2D eigenvalue weighted by molar-refractivity contribution is 0.368. The summed E-state index contributed by atoms with van der Waals surface area (Å²) in [6, 6.07) is 3.93. The summed E-state index contributed by atoms with van der Waals surface area (Å²) in [7, 11) is 0. The monoisotopic (exact) mass is 642 g/mol. The number of nitrogens with zero attached hydrogens (tertiary/aromatic N) is 4. The summed E-state index contributed by atoms with van der Waals surface area (Å²) in [4.78, 5) is 5.54. The van der Waals surface area contributed by atoms with Crippen LogP contribution in [-0.4, -0.2) is 20.5 Å². The first-order valence-electron chi connectivity index (χ1n) is 12.6. The molecule has 0 spiro atoms. The molecule has 0 atom stereocenters. The van der Waals surface area contributed by atoms with Crippen LogP contribution in [0.5, 0.6) is 0 Å². The van der Waals surface area contributed by atoms with E-state index in [4.69, 9.17) is 13.6 Å². The van der Waals surface area contributed by atoms with Crippen LogP contribution in [0.15, 0.2) is 31.9 Å². The quantitative estimate of drug-likeness (QED) is 0.205. The molecule has 4 rings (SSSR count). The third-order valence-corrected chi connectivity index (χ3v) is 7.47. The van der Waals surface area contributed by atoms with E-state index < -0.39 is 0 Å². The van der Waals surface area contributed by atoms with E-state index in [0.717, 1.165) is 37.9 Å². The SMILES string of the molecule is Cc1cc(C(C)C)no1.Cc1cc(C(C)C)on1.Cc1cnc(C(C)C)s1.Cc1onc(C(C)C)c1I. The fourth-order valence-corrected chi connectivity index (χ4v) is 4.29. The van der Waals surface area contributed by atoms with Gasteiger partial charge in [-0.1, -0.05) is 70.9 Å². The maximum atomic E-state index is 5.00. The molecule has 0 radical (unpaired) electrons. The zero-order valence-electron chi connectivity index (χ0n) is 24.3. The molecule has 0 aliphatic carbocycles. The minimum atomic E-state index is 0.450. The topological polar surface area (TPSA) is 91.0 Å². The second kappa shape index (κ2) is 16.1. The molecule has 0 aliphatic rings. The van der Waals surface area contributed by atoms with Gasteiger partial charge in [-0.15, -0.1) is 11.3 Å². The van der Waals surface area contributed by atoms with Crippen molar-refractivity contribution in [3.63, 3.8) is 0 Å². The highest BCUT2D eigenvalue weighted by Crippen LogP contribution is 2.22. The molecular formula is C28H43IN4O3S. The molecule has 0 amide bonds. The van der Waals surface area contributed by atoms with Gasteiger partial charge in [-0.2, -0.15) is 0 Å². The molecule has 0 saturated carbocycles. The minimum Gasteiger partial charge on any atom is -0.361 e. The Morgan fingerprint density at radius 2 is 1.38 bits per heavy atom. The molecule has 0 N–H and O–H groups in total. The fraction of sp³-hybridized carbons (Fsp3) is 0.571. The van der Waals surface area contributed by atoms with E-state index in [1.165, 1.54) is 9.88 Å². The first-order chi connectivity index (χ1) is 17.2. The number of thiazole rings is 1. The first-order valence-corrected chi connectivity index (χ1v) is 14.5. The molecule has 0 unspecified atom stereocenters. The lowest BCUT2D eigenvalue weighted by Gasteiger charge is -1.96. The Hall–Kier alpha value is -2.01. The van der Waals surface area contributed by atoms with Gasteiger partial charge in [0.2, 0.25) is 0 Å². The zero-order chi connectivity index (χ0) is 28.3. The number of rotatable bonds is 4. The summed E-state index contributed by atoms with van der Waals surface area (Å²) < 4.78 is 16.0. The Kier molecular flexibility index (Phi) is 14.3. The zero-order valence-corrected chi connectivity index (χ0v) is 27.3. The van der Waals surface area contributed by atoms with Gasteiger partial charge >= 0.3 is 0 Å². The van der Waals surface area contributed by atoms with Gasteiger partial charge in [0.25, 0.3) is 0 Å².